The van der Waals surface area contributed by atoms with E-state index in [-0.39, 0.29) is 5.78 Å². The molecule has 0 saturated carbocycles. The molecule has 0 saturated heterocycles. The van der Waals surface area contributed by atoms with Gasteiger partial charge in [-0.2, -0.15) is 0 Å². The van der Waals surface area contributed by atoms with Crippen molar-refractivity contribution < 1.29 is 9.21 Å². The zero-order valence-electron chi connectivity index (χ0n) is 10.5. The van der Waals surface area contributed by atoms with E-state index in [2.05, 4.69) is 0 Å². The van der Waals surface area contributed by atoms with Crippen LogP contribution in [-0.4, -0.2) is 5.78 Å². The zero-order chi connectivity index (χ0) is 13.9. The molecule has 20 heavy (non-hydrogen) atoms. The normalized spacial score (nSPS) is 11.2. The van der Waals surface area contributed by atoms with Crippen LogP contribution in [0.4, 0.5) is 0 Å². The Bertz CT molecular complexity index is 766. The van der Waals surface area contributed by atoms with Crippen molar-refractivity contribution >= 4 is 34.4 Å². The monoisotopic (exact) mass is 282 g/mol. The molecule has 0 N–H and O–H groups in total. The Hall–Kier alpha value is -2.32. The fourth-order valence-corrected chi connectivity index (χ4v) is 2.16. The highest BCUT2D eigenvalue weighted by atomic mass is 35.5. The van der Waals surface area contributed by atoms with Crippen LogP contribution < -0.4 is 0 Å². The van der Waals surface area contributed by atoms with Gasteiger partial charge in [0.25, 0.3) is 0 Å². The molecule has 1 aromatic heterocycles. The minimum absolute atomic E-state index is 0.180. The van der Waals surface area contributed by atoms with Crippen molar-refractivity contribution in [1.29, 1.82) is 0 Å². The number of carbonyl (C=O) groups is 1. The third-order valence-corrected chi connectivity index (χ3v) is 3.33. The van der Waals surface area contributed by atoms with Gasteiger partial charge in [0.15, 0.2) is 5.76 Å². The molecule has 3 aromatic rings. The van der Waals surface area contributed by atoms with Gasteiger partial charge >= 0.3 is 0 Å². The molecule has 0 bridgehead atoms. The summed E-state index contributed by atoms with van der Waals surface area (Å²) < 4.78 is 5.51. The van der Waals surface area contributed by atoms with E-state index in [1.165, 1.54) is 6.08 Å². The van der Waals surface area contributed by atoms with Crippen LogP contribution in [0.15, 0.2) is 65.1 Å². The number of rotatable bonds is 3. The Morgan fingerprint density at radius 2 is 1.80 bits per heavy atom. The lowest BCUT2D eigenvalue weighted by Crippen LogP contribution is -1.90. The Balaban J connectivity index is 1.88. The van der Waals surface area contributed by atoms with E-state index in [4.69, 9.17) is 16.0 Å². The quantitative estimate of drug-likeness (QED) is 0.501. The predicted molar refractivity (Wildman–Crippen MR) is 81.0 cm³/mol. The Morgan fingerprint density at radius 3 is 2.60 bits per heavy atom. The van der Waals surface area contributed by atoms with Crippen molar-refractivity contribution in [2.24, 2.45) is 0 Å². The van der Waals surface area contributed by atoms with E-state index in [0.717, 1.165) is 10.9 Å². The Morgan fingerprint density at radius 1 is 1.05 bits per heavy atom. The number of benzene rings is 2. The van der Waals surface area contributed by atoms with Gasteiger partial charge in [0.2, 0.25) is 5.78 Å². The second-order valence-electron chi connectivity index (χ2n) is 4.37. The molecule has 0 spiro atoms. The molecule has 0 aliphatic heterocycles. The number of halogens is 1. The van der Waals surface area contributed by atoms with Crippen LogP contribution in [-0.2, 0) is 0 Å². The van der Waals surface area contributed by atoms with Crippen molar-refractivity contribution in [3.05, 3.63) is 77.0 Å². The number of furan rings is 1. The average molecular weight is 283 g/mol. The molecule has 3 heteroatoms. The number of para-hydroxylation sites is 1. The SMILES string of the molecule is O=C(/C=C/c1ccccc1Cl)c1cc2ccccc2o1. The standard InChI is InChI=1S/C17H11ClO2/c18-14-7-3-1-5-12(14)9-10-15(19)17-11-13-6-2-4-8-16(13)20-17/h1-11H/b10-9+. The van der Waals surface area contributed by atoms with E-state index >= 15 is 0 Å². The number of hydrogen-bond donors (Lipinski definition) is 0. The summed E-state index contributed by atoms with van der Waals surface area (Å²) in [4.78, 5) is 12.1. The molecule has 2 nitrogen and oxygen atoms in total. The van der Waals surface area contributed by atoms with Crippen LogP contribution in [0, 0.1) is 0 Å². The summed E-state index contributed by atoms with van der Waals surface area (Å²) in [7, 11) is 0. The number of ketones is 1. The van der Waals surface area contributed by atoms with Gasteiger partial charge in [-0.15, -0.1) is 0 Å². The maximum atomic E-state index is 12.1. The Kier molecular flexibility index (Phi) is 3.40. The molecular weight excluding hydrogens is 272 g/mol. The maximum absolute atomic E-state index is 12.1. The first-order valence-electron chi connectivity index (χ1n) is 6.19. The van der Waals surface area contributed by atoms with Gasteiger partial charge in [-0.1, -0.05) is 48.0 Å². The minimum atomic E-state index is -0.180. The van der Waals surface area contributed by atoms with E-state index in [1.807, 2.05) is 42.5 Å². The molecule has 0 unspecified atom stereocenters. The first-order chi connectivity index (χ1) is 9.74. The summed E-state index contributed by atoms with van der Waals surface area (Å²) in [6.45, 7) is 0. The number of hydrogen-bond acceptors (Lipinski definition) is 2. The van der Waals surface area contributed by atoms with Crippen LogP contribution in [0.25, 0.3) is 17.0 Å². The molecule has 0 amide bonds. The fourth-order valence-electron chi connectivity index (χ4n) is 1.96. The summed E-state index contributed by atoms with van der Waals surface area (Å²) >= 11 is 6.03. The highest BCUT2D eigenvalue weighted by Crippen LogP contribution is 2.20. The molecular formula is C17H11ClO2. The number of allylic oxidation sites excluding steroid dienone is 1. The highest BCUT2D eigenvalue weighted by molar-refractivity contribution is 6.32. The van der Waals surface area contributed by atoms with Gasteiger partial charge in [0.1, 0.15) is 5.58 Å². The summed E-state index contributed by atoms with van der Waals surface area (Å²) in [5.41, 5.74) is 1.51. The summed E-state index contributed by atoms with van der Waals surface area (Å²) in [5, 5.41) is 1.53. The van der Waals surface area contributed by atoms with Gasteiger partial charge in [-0.3, -0.25) is 4.79 Å². The Labute approximate surface area is 121 Å². The second kappa shape index (κ2) is 5.35. The van der Waals surface area contributed by atoms with Crippen LogP contribution in [0.2, 0.25) is 5.02 Å². The minimum Gasteiger partial charge on any atom is -0.453 e. The van der Waals surface area contributed by atoms with Crippen molar-refractivity contribution in [3.63, 3.8) is 0 Å². The molecule has 1 heterocycles. The van der Waals surface area contributed by atoms with Crippen LogP contribution in [0.5, 0.6) is 0 Å². The molecule has 0 aliphatic carbocycles. The third kappa shape index (κ3) is 2.51. The van der Waals surface area contributed by atoms with Crippen LogP contribution in [0.1, 0.15) is 16.1 Å². The molecule has 0 atom stereocenters. The van der Waals surface area contributed by atoms with Gasteiger partial charge in [-0.05, 0) is 35.9 Å². The topological polar surface area (TPSA) is 30.2 Å². The predicted octanol–water partition coefficient (Wildman–Crippen LogP) is 4.98. The summed E-state index contributed by atoms with van der Waals surface area (Å²) in [5.74, 6) is 0.149. The molecule has 2 aromatic carbocycles. The van der Waals surface area contributed by atoms with Gasteiger partial charge in [-0.25, -0.2) is 0 Å². The van der Waals surface area contributed by atoms with E-state index in [0.29, 0.717) is 16.4 Å². The third-order valence-electron chi connectivity index (χ3n) is 2.99. The van der Waals surface area contributed by atoms with Gasteiger partial charge in [0, 0.05) is 10.4 Å². The van der Waals surface area contributed by atoms with Crippen LogP contribution in [0.3, 0.4) is 0 Å². The lowest BCUT2D eigenvalue weighted by Gasteiger charge is -1.95. The van der Waals surface area contributed by atoms with Crippen molar-refractivity contribution in [1.82, 2.24) is 0 Å². The molecule has 0 aliphatic rings. The average Bonchev–Trinajstić information content (AvgIpc) is 2.90. The van der Waals surface area contributed by atoms with Gasteiger partial charge < -0.3 is 4.42 Å². The van der Waals surface area contributed by atoms with Gasteiger partial charge in [0.05, 0.1) is 0 Å². The summed E-state index contributed by atoms with van der Waals surface area (Å²) in [6, 6.07) is 16.6. The smallest absolute Gasteiger partial charge is 0.221 e. The van der Waals surface area contributed by atoms with E-state index < -0.39 is 0 Å². The van der Waals surface area contributed by atoms with Crippen LogP contribution >= 0.6 is 11.6 Å². The maximum Gasteiger partial charge on any atom is 0.221 e. The van der Waals surface area contributed by atoms with Crippen molar-refractivity contribution in [3.8, 4) is 0 Å². The van der Waals surface area contributed by atoms with Crippen molar-refractivity contribution in [2.45, 2.75) is 0 Å². The lowest BCUT2D eigenvalue weighted by atomic mass is 10.1. The molecule has 0 fully saturated rings. The molecule has 3 rings (SSSR count). The molecule has 0 radical (unpaired) electrons. The molecule has 98 valence electrons. The highest BCUT2D eigenvalue weighted by Gasteiger charge is 2.09. The van der Waals surface area contributed by atoms with Crippen molar-refractivity contribution in [2.75, 3.05) is 0 Å². The first-order valence-corrected chi connectivity index (χ1v) is 6.57. The van der Waals surface area contributed by atoms with E-state index in [9.17, 15) is 4.79 Å². The number of carbonyl (C=O) groups excluding carboxylic acids is 1. The first kappa shape index (κ1) is 12.7. The largest absolute Gasteiger partial charge is 0.453 e. The van der Waals surface area contributed by atoms with E-state index in [1.54, 1.807) is 18.2 Å². The summed E-state index contributed by atoms with van der Waals surface area (Å²) in [6.07, 6.45) is 3.16. The number of fused-ring (bicyclic) bond motifs is 1. The lowest BCUT2D eigenvalue weighted by molar-refractivity contribution is 0.102. The second-order valence-corrected chi connectivity index (χ2v) is 4.77. The zero-order valence-corrected chi connectivity index (χ0v) is 11.3. The fraction of sp³-hybridized carbons (Fsp3) is 0.